The molecule has 4 rings (SSSR count). The molecule has 0 fully saturated rings. The van der Waals surface area contributed by atoms with Crippen molar-refractivity contribution in [2.45, 2.75) is 18.9 Å². The molecule has 4 nitrogen and oxygen atoms in total. The quantitative estimate of drug-likeness (QED) is 0.375. The summed E-state index contributed by atoms with van der Waals surface area (Å²) in [5.41, 5.74) is 9.37. The monoisotopic (exact) mass is 418 g/mol. The number of benzene rings is 2. The van der Waals surface area contributed by atoms with Gasteiger partial charge in [-0.05, 0) is 71.6 Å². The van der Waals surface area contributed by atoms with Crippen LogP contribution in [-0.2, 0) is 0 Å². The lowest BCUT2D eigenvalue weighted by Gasteiger charge is -2.11. The lowest BCUT2D eigenvalue weighted by Crippen LogP contribution is -2.10. The first kappa shape index (κ1) is 20.3. The maximum Gasteiger partial charge on any atom is 0.170 e. The molecular weight excluding hydrogens is 399 g/mol. The molecule has 2 N–H and O–H groups in total. The lowest BCUT2D eigenvalue weighted by atomic mass is 10.1. The van der Waals surface area contributed by atoms with E-state index in [1.54, 1.807) is 17.4 Å². The van der Waals surface area contributed by atoms with E-state index >= 15 is 0 Å². The second-order valence-corrected chi connectivity index (χ2v) is 7.13. The predicted octanol–water partition coefficient (Wildman–Crippen LogP) is 5.98. The van der Waals surface area contributed by atoms with Crippen molar-refractivity contribution in [2.75, 3.05) is 6.61 Å². The molecule has 0 aliphatic rings. The number of ether oxygens (including phenoxy) is 1. The maximum absolute atomic E-state index is 13.3. The topological polar surface area (TPSA) is 61.3 Å². The number of thiophene rings is 1. The van der Waals surface area contributed by atoms with Gasteiger partial charge in [0.1, 0.15) is 17.3 Å². The minimum atomic E-state index is -0.340. The smallest absolute Gasteiger partial charge is 0.170 e. The van der Waals surface area contributed by atoms with Crippen LogP contribution in [0, 0.1) is 5.82 Å². The van der Waals surface area contributed by atoms with E-state index < -0.39 is 0 Å². The summed E-state index contributed by atoms with van der Waals surface area (Å²) in [6.45, 7) is 0.614. The van der Waals surface area contributed by atoms with Crippen molar-refractivity contribution in [1.82, 2.24) is 5.16 Å². The third-order valence-corrected chi connectivity index (χ3v) is 5.16. The Morgan fingerprint density at radius 1 is 1.14 bits per heavy atom. The molecule has 0 radical (unpaired) electrons. The van der Waals surface area contributed by atoms with Crippen LogP contribution >= 0.6 is 23.7 Å². The van der Waals surface area contributed by atoms with Crippen LogP contribution in [0.3, 0.4) is 0 Å². The average molecular weight is 419 g/mol. The second kappa shape index (κ2) is 9.19. The Bertz CT molecular complexity index is 1020. The molecule has 1 unspecified atom stereocenters. The van der Waals surface area contributed by atoms with Gasteiger partial charge in [-0.15, -0.1) is 12.4 Å². The number of halogens is 2. The summed E-state index contributed by atoms with van der Waals surface area (Å²) in [6.07, 6.45) is 1.77. The van der Waals surface area contributed by atoms with Crippen LogP contribution in [0.4, 0.5) is 4.39 Å². The number of nitrogens with two attached hydrogens (primary N) is 1. The van der Waals surface area contributed by atoms with Gasteiger partial charge in [0.15, 0.2) is 5.58 Å². The average Bonchev–Trinajstić information content (AvgIpc) is 3.35. The van der Waals surface area contributed by atoms with Crippen molar-refractivity contribution >= 4 is 34.7 Å². The van der Waals surface area contributed by atoms with Crippen molar-refractivity contribution in [1.29, 1.82) is 0 Å². The Morgan fingerprint density at radius 2 is 1.96 bits per heavy atom. The van der Waals surface area contributed by atoms with E-state index in [0.717, 1.165) is 29.5 Å². The fourth-order valence-electron chi connectivity index (χ4n) is 2.97. The predicted molar refractivity (Wildman–Crippen MR) is 113 cm³/mol. The third-order valence-electron chi connectivity index (χ3n) is 4.46. The van der Waals surface area contributed by atoms with E-state index in [-0.39, 0.29) is 24.3 Å². The first-order valence-electron chi connectivity index (χ1n) is 8.76. The standard InChI is InChI=1S/C21H19FN2O2S.ClH/c22-16-5-8-18-20(12-16)26-24-21(18)14-3-6-17(7-4-14)25-10-1-2-19(23)15-9-11-27-13-15;/h3-9,11-13,19H,1-2,10,23H2;1H. The van der Waals surface area contributed by atoms with Crippen LogP contribution < -0.4 is 10.5 Å². The zero-order valence-electron chi connectivity index (χ0n) is 15.0. The highest BCUT2D eigenvalue weighted by molar-refractivity contribution is 7.07. The van der Waals surface area contributed by atoms with Crippen LogP contribution in [0.1, 0.15) is 24.4 Å². The molecule has 0 bridgehead atoms. The number of rotatable bonds is 7. The second-order valence-electron chi connectivity index (χ2n) is 6.35. The molecule has 2 aromatic heterocycles. The first-order chi connectivity index (χ1) is 13.2. The molecule has 2 aromatic carbocycles. The number of fused-ring (bicyclic) bond motifs is 1. The molecule has 0 aliphatic heterocycles. The summed E-state index contributed by atoms with van der Waals surface area (Å²) in [7, 11) is 0. The number of hydrogen-bond acceptors (Lipinski definition) is 5. The largest absolute Gasteiger partial charge is 0.494 e. The van der Waals surface area contributed by atoms with Crippen LogP contribution in [0.5, 0.6) is 5.75 Å². The van der Waals surface area contributed by atoms with E-state index in [0.29, 0.717) is 17.9 Å². The molecule has 0 amide bonds. The van der Waals surface area contributed by atoms with E-state index in [2.05, 4.69) is 16.6 Å². The fourth-order valence-corrected chi connectivity index (χ4v) is 3.70. The van der Waals surface area contributed by atoms with Gasteiger partial charge < -0.3 is 15.0 Å². The minimum absolute atomic E-state index is 0. The first-order valence-corrected chi connectivity index (χ1v) is 9.71. The maximum atomic E-state index is 13.3. The van der Waals surface area contributed by atoms with Gasteiger partial charge >= 0.3 is 0 Å². The van der Waals surface area contributed by atoms with Crippen LogP contribution in [0.15, 0.2) is 63.8 Å². The Balaban J connectivity index is 0.00000225. The van der Waals surface area contributed by atoms with Crippen molar-refractivity contribution in [2.24, 2.45) is 5.73 Å². The van der Waals surface area contributed by atoms with Crippen LogP contribution in [-0.4, -0.2) is 11.8 Å². The van der Waals surface area contributed by atoms with Crippen LogP contribution in [0.25, 0.3) is 22.2 Å². The minimum Gasteiger partial charge on any atom is -0.494 e. The van der Waals surface area contributed by atoms with Crippen LogP contribution in [0.2, 0.25) is 0 Å². The van der Waals surface area contributed by atoms with Gasteiger partial charge in [0.05, 0.1) is 6.61 Å². The van der Waals surface area contributed by atoms with Gasteiger partial charge in [0.25, 0.3) is 0 Å². The Kier molecular flexibility index (Phi) is 6.67. The Hall–Kier alpha value is -2.41. The number of hydrogen-bond donors (Lipinski definition) is 1. The fraction of sp³-hybridized carbons (Fsp3) is 0.190. The molecule has 7 heteroatoms. The van der Waals surface area contributed by atoms with Gasteiger partial charge in [0, 0.05) is 23.1 Å². The molecule has 0 aliphatic carbocycles. The highest BCUT2D eigenvalue weighted by atomic mass is 35.5. The molecule has 1 atom stereocenters. The summed E-state index contributed by atoms with van der Waals surface area (Å²) >= 11 is 1.66. The summed E-state index contributed by atoms with van der Waals surface area (Å²) < 4.78 is 24.3. The third kappa shape index (κ3) is 4.52. The van der Waals surface area contributed by atoms with Crippen molar-refractivity contribution in [3.05, 3.63) is 70.7 Å². The molecule has 0 saturated carbocycles. The Labute approximate surface area is 172 Å². The molecule has 0 saturated heterocycles. The van der Waals surface area contributed by atoms with Gasteiger partial charge in [0.2, 0.25) is 0 Å². The van der Waals surface area contributed by atoms with Crippen molar-refractivity contribution < 1.29 is 13.7 Å². The Morgan fingerprint density at radius 3 is 2.71 bits per heavy atom. The summed E-state index contributed by atoms with van der Waals surface area (Å²) in [5, 5.41) is 8.98. The van der Waals surface area contributed by atoms with E-state index in [1.165, 1.54) is 17.7 Å². The summed E-state index contributed by atoms with van der Waals surface area (Å²) in [5.74, 6) is 0.453. The van der Waals surface area contributed by atoms with Gasteiger partial charge in [-0.1, -0.05) is 5.16 Å². The summed E-state index contributed by atoms with van der Waals surface area (Å²) in [6, 6.07) is 14.2. The van der Waals surface area contributed by atoms with Crippen molar-refractivity contribution in [3.63, 3.8) is 0 Å². The normalized spacial score (nSPS) is 11.9. The number of nitrogens with zero attached hydrogens (tertiary/aromatic N) is 1. The summed E-state index contributed by atoms with van der Waals surface area (Å²) in [4.78, 5) is 0. The zero-order valence-corrected chi connectivity index (χ0v) is 16.6. The molecule has 28 heavy (non-hydrogen) atoms. The lowest BCUT2D eigenvalue weighted by molar-refractivity contribution is 0.302. The number of aromatic nitrogens is 1. The van der Waals surface area contributed by atoms with E-state index in [9.17, 15) is 4.39 Å². The molecule has 0 spiro atoms. The van der Waals surface area contributed by atoms with E-state index in [1.807, 2.05) is 29.6 Å². The zero-order chi connectivity index (χ0) is 18.6. The van der Waals surface area contributed by atoms with Crippen molar-refractivity contribution in [3.8, 4) is 17.0 Å². The highest BCUT2D eigenvalue weighted by Crippen LogP contribution is 2.29. The molecule has 4 aromatic rings. The van der Waals surface area contributed by atoms with Gasteiger partial charge in [-0.25, -0.2) is 4.39 Å². The highest BCUT2D eigenvalue weighted by Gasteiger charge is 2.11. The molecule has 2 heterocycles. The van der Waals surface area contributed by atoms with E-state index in [4.69, 9.17) is 15.0 Å². The SMILES string of the molecule is Cl.NC(CCCOc1ccc(-c2noc3cc(F)ccc23)cc1)c1ccsc1. The van der Waals surface area contributed by atoms with Gasteiger partial charge in [-0.3, -0.25) is 0 Å². The molecule has 146 valence electrons. The van der Waals surface area contributed by atoms with Gasteiger partial charge in [-0.2, -0.15) is 11.3 Å². The molecular formula is C21H20ClFN2O2S.